The van der Waals surface area contributed by atoms with Crippen molar-refractivity contribution < 1.29 is 4.52 Å². The minimum atomic E-state index is 0.453. The van der Waals surface area contributed by atoms with Gasteiger partial charge in [0, 0.05) is 17.2 Å². The molecule has 1 aliphatic rings. The van der Waals surface area contributed by atoms with Crippen molar-refractivity contribution in [1.82, 2.24) is 10.1 Å². The molecule has 2 atom stereocenters. The molecule has 0 saturated heterocycles. The number of aromatic nitrogens is 2. The number of rotatable bonds is 2. The van der Waals surface area contributed by atoms with Crippen molar-refractivity contribution in [2.24, 2.45) is 5.92 Å². The molecule has 19 heavy (non-hydrogen) atoms. The Balaban J connectivity index is 1.91. The van der Waals surface area contributed by atoms with Crippen LogP contribution in [0.25, 0.3) is 11.5 Å². The fourth-order valence-corrected chi connectivity index (χ4v) is 2.84. The standard InChI is InChI=1S/C15H19N3O/c1-9-6-7-11(8-9)14-17-15(19-18-14)12-4-3-5-13(16)10(12)2/h3-5,9,11H,6-8,16H2,1-2H3. The SMILES string of the molecule is Cc1c(N)cccc1-c1nc(C2CCC(C)C2)no1. The molecule has 2 N–H and O–H groups in total. The number of benzene rings is 1. The van der Waals surface area contributed by atoms with Crippen LogP contribution in [0.3, 0.4) is 0 Å². The molecule has 4 heteroatoms. The molecule has 1 heterocycles. The van der Waals surface area contributed by atoms with E-state index >= 15 is 0 Å². The van der Waals surface area contributed by atoms with Gasteiger partial charge in [0.2, 0.25) is 0 Å². The smallest absolute Gasteiger partial charge is 0.258 e. The highest BCUT2D eigenvalue weighted by atomic mass is 16.5. The number of anilines is 1. The third-order valence-corrected chi connectivity index (χ3v) is 4.11. The van der Waals surface area contributed by atoms with E-state index in [4.69, 9.17) is 10.3 Å². The van der Waals surface area contributed by atoms with Gasteiger partial charge in [0.05, 0.1) is 0 Å². The van der Waals surface area contributed by atoms with Crippen LogP contribution in [-0.4, -0.2) is 10.1 Å². The van der Waals surface area contributed by atoms with Crippen molar-refractivity contribution in [2.45, 2.75) is 39.0 Å². The number of nitrogens with two attached hydrogens (primary N) is 1. The second-order valence-electron chi connectivity index (χ2n) is 5.59. The van der Waals surface area contributed by atoms with Crippen LogP contribution < -0.4 is 5.73 Å². The Morgan fingerprint density at radius 2 is 2.16 bits per heavy atom. The molecular formula is C15H19N3O. The lowest BCUT2D eigenvalue weighted by atomic mass is 10.1. The maximum absolute atomic E-state index is 5.92. The summed E-state index contributed by atoms with van der Waals surface area (Å²) in [5.41, 5.74) is 8.60. The molecule has 1 saturated carbocycles. The van der Waals surface area contributed by atoms with Gasteiger partial charge in [-0.3, -0.25) is 0 Å². The van der Waals surface area contributed by atoms with Gasteiger partial charge in [-0.15, -0.1) is 0 Å². The van der Waals surface area contributed by atoms with Gasteiger partial charge in [0.1, 0.15) is 0 Å². The molecule has 0 bridgehead atoms. The highest BCUT2D eigenvalue weighted by molar-refractivity contribution is 5.66. The van der Waals surface area contributed by atoms with Gasteiger partial charge in [0.25, 0.3) is 5.89 Å². The van der Waals surface area contributed by atoms with Crippen molar-refractivity contribution in [2.75, 3.05) is 5.73 Å². The van der Waals surface area contributed by atoms with Crippen molar-refractivity contribution in [3.63, 3.8) is 0 Å². The average Bonchev–Trinajstić information content (AvgIpc) is 3.01. The van der Waals surface area contributed by atoms with Crippen LogP contribution in [0.15, 0.2) is 22.7 Å². The highest BCUT2D eigenvalue weighted by Crippen LogP contribution is 2.37. The topological polar surface area (TPSA) is 64.9 Å². The maximum Gasteiger partial charge on any atom is 0.258 e. The molecule has 1 aromatic carbocycles. The summed E-state index contributed by atoms with van der Waals surface area (Å²) in [4.78, 5) is 4.57. The van der Waals surface area contributed by atoms with Crippen molar-refractivity contribution in [3.8, 4) is 11.5 Å². The van der Waals surface area contributed by atoms with E-state index in [0.717, 1.165) is 41.4 Å². The Morgan fingerprint density at radius 3 is 2.89 bits per heavy atom. The molecule has 100 valence electrons. The minimum absolute atomic E-state index is 0.453. The predicted molar refractivity (Wildman–Crippen MR) is 74.6 cm³/mol. The number of nitrogens with zero attached hydrogens (tertiary/aromatic N) is 2. The second-order valence-corrected chi connectivity index (χ2v) is 5.59. The first-order chi connectivity index (χ1) is 9.15. The Labute approximate surface area is 113 Å². The largest absolute Gasteiger partial charge is 0.398 e. The van der Waals surface area contributed by atoms with Gasteiger partial charge in [0.15, 0.2) is 5.82 Å². The Bertz CT molecular complexity index is 591. The van der Waals surface area contributed by atoms with E-state index in [9.17, 15) is 0 Å². The molecule has 0 spiro atoms. The third kappa shape index (κ3) is 2.23. The monoisotopic (exact) mass is 257 g/mol. The zero-order chi connectivity index (χ0) is 13.4. The van der Waals surface area contributed by atoms with Crippen LogP contribution in [0.2, 0.25) is 0 Å². The molecule has 4 nitrogen and oxygen atoms in total. The van der Waals surface area contributed by atoms with Gasteiger partial charge >= 0.3 is 0 Å². The van der Waals surface area contributed by atoms with Crippen LogP contribution in [0, 0.1) is 12.8 Å². The van der Waals surface area contributed by atoms with E-state index in [1.807, 2.05) is 25.1 Å². The van der Waals surface area contributed by atoms with Gasteiger partial charge in [-0.25, -0.2) is 0 Å². The molecule has 0 radical (unpaired) electrons. The average molecular weight is 257 g/mol. The quantitative estimate of drug-likeness (QED) is 0.836. The summed E-state index contributed by atoms with van der Waals surface area (Å²) >= 11 is 0. The molecule has 3 rings (SSSR count). The Kier molecular flexibility index (Phi) is 3.01. The molecule has 0 aliphatic heterocycles. The van der Waals surface area contributed by atoms with Crippen molar-refractivity contribution >= 4 is 5.69 Å². The molecule has 2 unspecified atom stereocenters. The zero-order valence-electron chi connectivity index (χ0n) is 11.4. The van der Waals surface area contributed by atoms with Crippen LogP contribution in [0.4, 0.5) is 5.69 Å². The molecular weight excluding hydrogens is 238 g/mol. The highest BCUT2D eigenvalue weighted by Gasteiger charge is 2.27. The second kappa shape index (κ2) is 4.68. The fourth-order valence-electron chi connectivity index (χ4n) is 2.84. The first-order valence-corrected chi connectivity index (χ1v) is 6.84. The van der Waals surface area contributed by atoms with Crippen LogP contribution in [0.1, 0.15) is 43.5 Å². The Hall–Kier alpha value is -1.84. The summed E-state index contributed by atoms with van der Waals surface area (Å²) < 4.78 is 5.42. The number of nitrogen functional groups attached to an aromatic ring is 1. The van der Waals surface area contributed by atoms with Crippen LogP contribution in [0.5, 0.6) is 0 Å². The lowest BCUT2D eigenvalue weighted by molar-refractivity contribution is 0.414. The zero-order valence-corrected chi connectivity index (χ0v) is 11.4. The summed E-state index contributed by atoms with van der Waals surface area (Å²) in [6.45, 7) is 4.26. The molecule has 2 aromatic rings. The summed E-state index contributed by atoms with van der Waals surface area (Å²) in [6.07, 6.45) is 3.58. The maximum atomic E-state index is 5.92. The molecule has 0 amide bonds. The van der Waals surface area contributed by atoms with E-state index in [2.05, 4.69) is 17.1 Å². The first-order valence-electron chi connectivity index (χ1n) is 6.84. The first kappa shape index (κ1) is 12.2. The minimum Gasteiger partial charge on any atom is -0.398 e. The van der Waals surface area contributed by atoms with E-state index in [1.54, 1.807) is 0 Å². The van der Waals surface area contributed by atoms with E-state index in [0.29, 0.717) is 11.8 Å². The molecule has 1 aromatic heterocycles. The van der Waals surface area contributed by atoms with Gasteiger partial charge in [-0.2, -0.15) is 4.98 Å². The lowest BCUT2D eigenvalue weighted by Gasteiger charge is -2.04. The summed E-state index contributed by atoms with van der Waals surface area (Å²) in [5.74, 6) is 2.65. The fraction of sp³-hybridized carbons (Fsp3) is 0.467. The number of hydrogen-bond donors (Lipinski definition) is 1. The van der Waals surface area contributed by atoms with E-state index < -0.39 is 0 Å². The van der Waals surface area contributed by atoms with E-state index in [-0.39, 0.29) is 0 Å². The summed E-state index contributed by atoms with van der Waals surface area (Å²) in [5, 5.41) is 4.15. The number of hydrogen-bond acceptors (Lipinski definition) is 4. The predicted octanol–water partition coefficient (Wildman–Crippen LogP) is 3.53. The Morgan fingerprint density at radius 1 is 1.32 bits per heavy atom. The van der Waals surface area contributed by atoms with Gasteiger partial charge in [-0.05, 0) is 49.8 Å². The summed E-state index contributed by atoms with van der Waals surface area (Å²) in [6, 6.07) is 5.77. The van der Waals surface area contributed by atoms with Crippen LogP contribution >= 0.6 is 0 Å². The van der Waals surface area contributed by atoms with Gasteiger partial charge in [-0.1, -0.05) is 18.1 Å². The molecule has 1 aliphatic carbocycles. The normalized spacial score (nSPS) is 22.8. The van der Waals surface area contributed by atoms with Crippen LogP contribution in [-0.2, 0) is 0 Å². The summed E-state index contributed by atoms with van der Waals surface area (Å²) in [7, 11) is 0. The lowest BCUT2D eigenvalue weighted by Crippen LogP contribution is -1.96. The molecule has 1 fully saturated rings. The van der Waals surface area contributed by atoms with Crippen molar-refractivity contribution in [1.29, 1.82) is 0 Å². The van der Waals surface area contributed by atoms with E-state index in [1.165, 1.54) is 6.42 Å². The van der Waals surface area contributed by atoms with Gasteiger partial charge < -0.3 is 10.3 Å². The van der Waals surface area contributed by atoms with Crippen molar-refractivity contribution in [3.05, 3.63) is 29.6 Å². The third-order valence-electron chi connectivity index (χ3n) is 4.11.